The van der Waals surface area contributed by atoms with E-state index in [1.165, 1.54) is 20.0 Å². The number of hydrogen-bond acceptors (Lipinski definition) is 4. The summed E-state index contributed by atoms with van der Waals surface area (Å²) in [6.07, 6.45) is 1.52. The van der Waals surface area contributed by atoms with Crippen molar-refractivity contribution >= 4 is 21.5 Å². The molecule has 1 N–H and O–H groups in total. The number of benzene rings is 1. The average Bonchev–Trinajstić information content (AvgIpc) is 2.85. The predicted octanol–water partition coefficient (Wildman–Crippen LogP) is 1.55. The van der Waals surface area contributed by atoms with Gasteiger partial charge >= 0.3 is 0 Å². The molecule has 1 aliphatic rings. The second-order valence-electron chi connectivity index (χ2n) is 5.17. The van der Waals surface area contributed by atoms with Gasteiger partial charge in [-0.1, -0.05) is 6.07 Å². The summed E-state index contributed by atoms with van der Waals surface area (Å²) in [5, 5.41) is 0. The molecule has 0 radical (unpaired) electrons. The number of sulfonamides is 1. The second kappa shape index (κ2) is 6.11. The summed E-state index contributed by atoms with van der Waals surface area (Å²) in [6, 6.07) is 4.21. The average molecular weight is 314 g/mol. The number of carbonyl (C=O) groups is 1. The van der Waals surface area contributed by atoms with Crippen molar-refractivity contribution in [2.45, 2.75) is 25.8 Å². The highest BCUT2D eigenvalue weighted by molar-refractivity contribution is 7.89. The summed E-state index contributed by atoms with van der Waals surface area (Å²) in [5.41, 5.74) is 0.516. The Morgan fingerprint density at radius 3 is 2.81 bits per heavy atom. The highest BCUT2D eigenvalue weighted by Gasteiger charge is 2.31. The first-order valence-electron chi connectivity index (χ1n) is 6.83. The molecule has 0 saturated carbocycles. The number of carbonyl (C=O) groups excluding carboxylic acids is 1. The smallest absolute Gasteiger partial charge is 0.213 e. The van der Waals surface area contributed by atoms with E-state index in [0.717, 1.165) is 6.42 Å². The molecule has 0 aromatic heterocycles. The summed E-state index contributed by atoms with van der Waals surface area (Å²) < 4.78 is 39.7. The van der Waals surface area contributed by atoms with Gasteiger partial charge in [0.2, 0.25) is 10.0 Å². The molecule has 2 rings (SSSR count). The maximum absolute atomic E-state index is 13.9. The maximum Gasteiger partial charge on any atom is 0.213 e. The van der Waals surface area contributed by atoms with Crippen molar-refractivity contribution in [3.8, 4) is 0 Å². The first-order chi connectivity index (χ1) is 9.85. The minimum Gasteiger partial charge on any atom is -0.367 e. The number of ketones is 1. The van der Waals surface area contributed by atoms with Crippen molar-refractivity contribution in [2.75, 3.05) is 24.2 Å². The van der Waals surface area contributed by atoms with Crippen LogP contribution in [0, 0.1) is 5.82 Å². The minimum absolute atomic E-state index is 0.0336. The fraction of sp³-hybridized carbons (Fsp3) is 0.500. The standard InChI is InChI=1S/C14H19FN2O3S/c1-10(18)14-12(15)6-3-7-13(14)17-8-4-5-11(17)9-21(19,20)16-2/h3,6-7,11,16H,4-5,8-9H2,1-2H3/t11-/m0/s1. The first kappa shape index (κ1) is 15.9. The van der Waals surface area contributed by atoms with Gasteiger partial charge in [0.1, 0.15) is 5.82 Å². The highest BCUT2D eigenvalue weighted by Crippen LogP contribution is 2.31. The molecule has 21 heavy (non-hydrogen) atoms. The summed E-state index contributed by atoms with van der Waals surface area (Å²) in [4.78, 5) is 13.5. The minimum atomic E-state index is -3.36. The largest absolute Gasteiger partial charge is 0.367 e. The van der Waals surface area contributed by atoms with Crippen molar-refractivity contribution < 1.29 is 17.6 Å². The van der Waals surface area contributed by atoms with E-state index in [1.807, 2.05) is 4.90 Å². The molecule has 0 bridgehead atoms. The van der Waals surface area contributed by atoms with E-state index in [4.69, 9.17) is 0 Å². The van der Waals surface area contributed by atoms with Crippen molar-refractivity contribution in [1.82, 2.24) is 4.72 Å². The zero-order valence-electron chi connectivity index (χ0n) is 12.1. The van der Waals surface area contributed by atoms with Gasteiger partial charge in [-0.15, -0.1) is 0 Å². The molecule has 0 amide bonds. The molecule has 1 aromatic carbocycles. The molecule has 1 aliphatic heterocycles. The first-order valence-corrected chi connectivity index (χ1v) is 8.48. The Bertz CT molecular complexity index is 646. The summed E-state index contributed by atoms with van der Waals surface area (Å²) in [6.45, 7) is 1.94. The lowest BCUT2D eigenvalue weighted by Gasteiger charge is -2.28. The van der Waals surface area contributed by atoms with Crippen molar-refractivity contribution in [2.24, 2.45) is 0 Å². The van der Waals surface area contributed by atoms with Crippen LogP contribution in [0.3, 0.4) is 0 Å². The van der Waals surface area contributed by atoms with E-state index in [9.17, 15) is 17.6 Å². The predicted molar refractivity (Wildman–Crippen MR) is 79.6 cm³/mol. The number of anilines is 1. The van der Waals surface area contributed by atoms with Crippen LogP contribution in [-0.2, 0) is 10.0 Å². The van der Waals surface area contributed by atoms with E-state index in [-0.39, 0.29) is 23.1 Å². The van der Waals surface area contributed by atoms with Crippen LogP contribution in [0.1, 0.15) is 30.1 Å². The monoisotopic (exact) mass is 314 g/mol. The van der Waals surface area contributed by atoms with Gasteiger partial charge in [-0.3, -0.25) is 4.79 Å². The molecule has 1 fully saturated rings. The SMILES string of the molecule is CNS(=O)(=O)C[C@@H]1CCCN1c1cccc(F)c1C(C)=O. The third-order valence-electron chi connectivity index (χ3n) is 3.75. The Morgan fingerprint density at radius 2 is 2.19 bits per heavy atom. The molecule has 1 saturated heterocycles. The van der Waals surface area contributed by atoms with Gasteiger partial charge < -0.3 is 4.90 Å². The Hall–Kier alpha value is -1.47. The number of Topliss-reactive ketones (excluding diaryl/α,β-unsaturated/α-hetero) is 1. The zero-order valence-corrected chi connectivity index (χ0v) is 12.9. The van der Waals surface area contributed by atoms with Crippen LogP contribution in [0.15, 0.2) is 18.2 Å². The molecule has 1 atom stereocenters. The van der Waals surface area contributed by atoms with Crippen LogP contribution in [0.5, 0.6) is 0 Å². The Kier molecular flexibility index (Phi) is 4.63. The molecule has 0 aliphatic carbocycles. The second-order valence-corrected chi connectivity index (χ2v) is 7.14. The summed E-state index contributed by atoms with van der Waals surface area (Å²) in [7, 11) is -1.98. The van der Waals surface area contributed by atoms with Crippen LogP contribution < -0.4 is 9.62 Å². The molecule has 0 spiro atoms. The van der Waals surface area contributed by atoms with Gasteiger partial charge in [0.05, 0.1) is 17.0 Å². The Labute approximate surface area is 124 Å². The quantitative estimate of drug-likeness (QED) is 0.837. The zero-order chi connectivity index (χ0) is 15.6. The van der Waals surface area contributed by atoms with Crippen LogP contribution >= 0.6 is 0 Å². The lowest BCUT2D eigenvalue weighted by atomic mass is 10.1. The summed E-state index contributed by atoms with van der Waals surface area (Å²) in [5.74, 6) is -0.982. The number of nitrogens with zero attached hydrogens (tertiary/aromatic N) is 1. The molecule has 1 heterocycles. The maximum atomic E-state index is 13.9. The van der Waals surface area contributed by atoms with E-state index in [2.05, 4.69) is 4.72 Å². The van der Waals surface area contributed by atoms with Crippen LogP contribution in [0.25, 0.3) is 0 Å². The summed E-state index contributed by atoms with van der Waals surface area (Å²) >= 11 is 0. The van der Waals surface area contributed by atoms with Gasteiger partial charge in [-0.25, -0.2) is 17.5 Å². The van der Waals surface area contributed by atoms with Crippen molar-refractivity contribution in [1.29, 1.82) is 0 Å². The van der Waals surface area contributed by atoms with E-state index in [1.54, 1.807) is 12.1 Å². The van der Waals surface area contributed by atoms with Crippen molar-refractivity contribution in [3.05, 3.63) is 29.6 Å². The number of hydrogen-bond donors (Lipinski definition) is 1. The third-order valence-corrected chi connectivity index (χ3v) is 5.20. The van der Waals surface area contributed by atoms with Crippen molar-refractivity contribution in [3.63, 3.8) is 0 Å². The van der Waals surface area contributed by atoms with Gasteiger partial charge in [-0.2, -0.15) is 0 Å². The Morgan fingerprint density at radius 1 is 1.48 bits per heavy atom. The van der Waals surface area contributed by atoms with Gasteiger partial charge in [0.25, 0.3) is 0 Å². The normalized spacial score (nSPS) is 19.0. The Balaban J connectivity index is 2.37. The lowest BCUT2D eigenvalue weighted by Crippen LogP contribution is -2.39. The number of halogens is 1. The molecule has 5 nitrogen and oxygen atoms in total. The molecule has 0 unspecified atom stereocenters. The van der Waals surface area contributed by atoms with E-state index in [0.29, 0.717) is 18.7 Å². The molecular weight excluding hydrogens is 295 g/mol. The highest BCUT2D eigenvalue weighted by atomic mass is 32.2. The van der Waals surface area contributed by atoms with Gasteiger partial charge in [0, 0.05) is 12.6 Å². The molecule has 7 heteroatoms. The third kappa shape index (κ3) is 3.41. The van der Waals surface area contributed by atoms with E-state index < -0.39 is 15.8 Å². The van der Waals surface area contributed by atoms with Gasteiger partial charge in [-0.05, 0) is 38.9 Å². The van der Waals surface area contributed by atoms with Crippen LogP contribution in [0.4, 0.5) is 10.1 Å². The van der Waals surface area contributed by atoms with Crippen LogP contribution in [0.2, 0.25) is 0 Å². The molecule has 1 aromatic rings. The lowest BCUT2D eigenvalue weighted by molar-refractivity contribution is 0.101. The number of rotatable bonds is 5. The van der Waals surface area contributed by atoms with Gasteiger partial charge in [0.15, 0.2) is 5.78 Å². The topological polar surface area (TPSA) is 66.5 Å². The van der Waals surface area contributed by atoms with Crippen LogP contribution in [-0.4, -0.2) is 39.6 Å². The number of nitrogens with one attached hydrogen (secondary N) is 1. The molecule has 116 valence electrons. The molecular formula is C14H19FN2O3S. The fourth-order valence-electron chi connectivity index (χ4n) is 2.76. The fourth-order valence-corrected chi connectivity index (χ4v) is 3.78. The van der Waals surface area contributed by atoms with E-state index >= 15 is 0 Å².